The Kier molecular flexibility index (Phi) is 3.23. The summed E-state index contributed by atoms with van der Waals surface area (Å²) in [5.74, 6) is -0.426. The summed E-state index contributed by atoms with van der Waals surface area (Å²) in [4.78, 5) is 13.3. The standard InChI is InChI=1S/C8H9N3O4S/c1-2-5-16(14,15)8-7(11(12)13)6(9)3-4-10-8/h2-4H,1,5H2,(H2,9,10). The minimum atomic E-state index is -3.86. The van der Waals surface area contributed by atoms with Crippen molar-refractivity contribution in [1.29, 1.82) is 0 Å². The highest BCUT2D eigenvalue weighted by Gasteiger charge is 2.28. The van der Waals surface area contributed by atoms with E-state index in [1.54, 1.807) is 0 Å². The number of hydrogen-bond acceptors (Lipinski definition) is 6. The number of sulfone groups is 1. The van der Waals surface area contributed by atoms with Crippen LogP contribution in [0.3, 0.4) is 0 Å². The molecule has 0 bridgehead atoms. The van der Waals surface area contributed by atoms with Crippen molar-refractivity contribution >= 4 is 21.2 Å². The van der Waals surface area contributed by atoms with E-state index in [1.807, 2.05) is 0 Å². The average molecular weight is 243 g/mol. The molecule has 0 aromatic carbocycles. The fourth-order valence-corrected chi connectivity index (χ4v) is 2.27. The Hall–Kier alpha value is -1.96. The number of nitrogens with two attached hydrogens (primary N) is 1. The first kappa shape index (κ1) is 12.1. The van der Waals surface area contributed by atoms with E-state index in [-0.39, 0.29) is 5.69 Å². The predicted molar refractivity (Wildman–Crippen MR) is 57.6 cm³/mol. The van der Waals surface area contributed by atoms with Gasteiger partial charge in [-0.25, -0.2) is 13.4 Å². The molecule has 1 heterocycles. The molecule has 2 N–H and O–H groups in total. The van der Waals surface area contributed by atoms with Gasteiger partial charge in [0.15, 0.2) is 0 Å². The molecular weight excluding hydrogens is 234 g/mol. The number of anilines is 1. The van der Waals surface area contributed by atoms with Crippen LogP contribution in [0.15, 0.2) is 29.9 Å². The van der Waals surface area contributed by atoms with Gasteiger partial charge in [0.2, 0.25) is 14.9 Å². The molecule has 1 aromatic rings. The van der Waals surface area contributed by atoms with Crippen molar-refractivity contribution in [3.8, 4) is 0 Å². The Morgan fingerprint density at radius 3 is 2.75 bits per heavy atom. The van der Waals surface area contributed by atoms with Crippen molar-refractivity contribution in [2.24, 2.45) is 0 Å². The quantitative estimate of drug-likeness (QED) is 0.468. The maximum atomic E-state index is 11.6. The molecule has 0 saturated carbocycles. The topological polar surface area (TPSA) is 116 Å². The van der Waals surface area contributed by atoms with Crippen LogP contribution >= 0.6 is 0 Å². The molecule has 0 saturated heterocycles. The second-order valence-electron chi connectivity index (χ2n) is 2.88. The van der Waals surface area contributed by atoms with Crippen molar-refractivity contribution < 1.29 is 13.3 Å². The SMILES string of the molecule is C=CCS(=O)(=O)c1nccc(N)c1[N+](=O)[O-]. The fourth-order valence-electron chi connectivity index (χ4n) is 1.09. The molecule has 0 spiro atoms. The number of pyridine rings is 1. The molecule has 1 rings (SSSR count). The lowest BCUT2D eigenvalue weighted by atomic mass is 10.4. The maximum Gasteiger partial charge on any atom is 0.329 e. The van der Waals surface area contributed by atoms with Crippen LogP contribution in [0.25, 0.3) is 0 Å². The summed E-state index contributed by atoms with van der Waals surface area (Å²) < 4.78 is 23.2. The fraction of sp³-hybridized carbons (Fsp3) is 0.125. The van der Waals surface area contributed by atoms with E-state index in [4.69, 9.17) is 5.73 Å². The van der Waals surface area contributed by atoms with Crippen LogP contribution in [-0.4, -0.2) is 24.1 Å². The first-order valence-electron chi connectivity index (χ1n) is 4.12. The Bertz CT molecular complexity index is 538. The minimum absolute atomic E-state index is 0.234. The molecular formula is C8H9N3O4S. The van der Waals surface area contributed by atoms with Crippen LogP contribution in [-0.2, 0) is 9.84 Å². The van der Waals surface area contributed by atoms with Crippen molar-refractivity contribution in [1.82, 2.24) is 4.98 Å². The second kappa shape index (κ2) is 4.27. The molecule has 8 heteroatoms. The zero-order valence-electron chi connectivity index (χ0n) is 8.16. The lowest BCUT2D eigenvalue weighted by Gasteiger charge is -2.03. The normalized spacial score (nSPS) is 11.0. The van der Waals surface area contributed by atoms with Crippen molar-refractivity contribution in [3.05, 3.63) is 35.0 Å². The van der Waals surface area contributed by atoms with E-state index in [1.165, 1.54) is 6.07 Å². The monoisotopic (exact) mass is 243 g/mol. The molecule has 0 aliphatic carbocycles. The smallest absolute Gasteiger partial charge is 0.329 e. The van der Waals surface area contributed by atoms with Gasteiger partial charge in [0.25, 0.3) is 0 Å². The van der Waals surface area contributed by atoms with Gasteiger partial charge in [-0.1, -0.05) is 6.08 Å². The van der Waals surface area contributed by atoms with E-state index in [9.17, 15) is 18.5 Å². The van der Waals surface area contributed by atoms with Gasteiger partial charge in [0.05, 0.1) is 10.7 Å². The molecule has 86 valence electrons. The summed E-state index contributed by atoms with van der Waals surface area (Å²) in [5, 5.41) is 10.1. The summed E-state index contributed by atoms with van der Waals surface area (Å²) >= 11 is 0. The molecule has 0 radical (unpaired) electrons. The number of nitro groups is 1. The predicted octanol–water partition coefficient (Wildman–Crippen LogP) is 0.532. The van der Waals surface area contributed by atoms with E-state index in [2.05, 4.69) is 11.6 Å². The molecule has 0 atom stereocenters. The molecule has 0 unspecified atom stereocenters. The molecule has 0 aliphatic heterocycles. The highest BCUT2D eigenvalue weighted by atomic mass is 32.2. The van der Waals surface area contributed by atoms with Gasteiger partial charge in [0.1, 0.15) is 5.69 Å². The maximum absolute atomic E-state index is 11.6. The van der Waals surface area contributed by atoms with Gasteiger partial charge in [-0.3, -0.25) is 10.1 Å². The third-order valence-corrected chi connectivity index (χ3v) is 3.30. The molecule has 0 aliphatic rings. The number of nitrogen functional groups attached to an aromatic ring is 1. The van der Waals surface area contributed by atoms with Gasteiger partial charge in [-0.2, -0.15) is 0 Å². The minimum Gasteiger partial charge on any atom is -0.393 e. The van der Waals surface area contributed by atoms with Gasteiger partial charge in [0, 0.05) is 6.20 Å². The number of rotatable bonds is 4. The highest BCUT2D eigenvalue weighted by Crippen LogP contribution is 2.28. The lowest BCUT2D eigenvalue weighted by molar-refractivity contribution is -0.387. The first-order chi connectivity index (χ1) is 7.40. The van der Waals surface area contributed by atoms with Crippen molar-refractivity contribution in [2.45, 2.75) is 5.03 Å². The van der Waals surface area contributed by atoms with E-state index in [0.29, 0.717) is 0 Å². The summed E-state index contributed by atoms with van der Waals surface area (Å²) in [5.41, 5.74) is 4.42. The van der Waals surface area contributed by atoms with Crippen molar-refractivity contribution in [3.63, 3.8) is 0 Å². The average Bonchev–Trinajstić information content (AvgIpc) is 2.16. The largest absolute Gasteiger partial charge is 0.393 e. The molecule has 0 fully saturated rings. The van der Waals surface area contributed by atoms with Gasteiger partial charge in [-0.05, 0) is 6.07 Å². The summed E-state index contributed by atoms with van der Waals surface area (Å²) in [7, 11) is -3.86. The summed E-state index contributed by atoms with van der Waals surface area (Å²) in [6, 6.07) is 1.17. The van der Waals surface area contributed by atoms with Gasteiger partial charge < -0.3 is 5.73 Å². The van der Waals surface area contributed by atoms with Gasteiger partial charge in [-0.15, -0.1) is 6.58 Å². The Morgan fingerprint density at radius 1 is 1.62 bits per heavy atom. The van der Waals surface area contributed by atoms with Crippen LogP contribution < -0.4 is 5.73 Å². The van der Waals surface area contributed by atoms with Crippen LogP contribution in [0, 0.1) is 10.1 Å². The highest BCUT2D eigenvalue weighted by molar-refractivity contribution is 7.91. The van der Waals surface area contributed by atoms with Crippen molar-refractivity contribution in [2.75, 3.05) is 11.5 Å². The van der Waals surface area contributed by atoms with Crippen LogP contribution in [0.2, 0.25) is 0 Å². The van der Waals surface area contributed by atoms with Gasteiger partial charge >= 0.3 is 5.69 Å². The summed E-state index contributed by atoms with van der Waals surface area (Å²) in [6.45, 7) is 3.26. The zero-order valence-corrected chi connectivity index (χ0v) is 8.98. The second-order valence-corrected chi connectivity index (χ2v) is 4.83. The lowest BCUT2D eigenvalue weighted by Crippen LogP contribution is -2.11. The zero-order chi connectivity index (χ0) is 12.3. The Morgan fingerprint density at radius 2 is 2.25 bits per heavy atom. The van der Waals surface area contributed by atoms with Crippen LogP contribution in [0.4, 0.5) is 11.4 Å². The molecule has 1 aromatic heterocycles. The van der Waals surface area contributed by atoms with Crippen LogP contribution in [0.5, 0.6) is 0 Å². The first-order valence-corrected chi connectivity index (χ1v) is 5.78. The molecule has 16 heavy (non-hydrogen) atoms. The van der Waals surface area contributed by atoms with E-state index in [0.717, 1.165) is 12.3 Å². The third-order valence-electron chi connectivity index (χ3n) is 1.74. The molecule has 7 nitrogen and oxygen atoms in total. The third kappa shape index (κ3) is 2.16. The molecule has 0 amide bonds. The Balaban J connectivity index is 3.51. The number of aromatic nitrogens is 1. The van der Waals surface area contributed by atoms with E-state index < -0.39 is 31.2 Å². The summed E-state index contributed by atoms with van der Waals surface area (Å²) in [6.07, 6.45) is 2.24. The Labute approximate surface area is 91.7 Å². The number of nitrogens with zero attached hydrogens (tertiary/aromatic N) is 2. The van der Waals surface area contributed by atoms with E-state index >= 15 is 0 Å². The number of hydrogen-bond donors (Lipinski definition) is 1. The van der Waals surface area contributed by atoms with Crippen LogP contribution in [0.1, 0.15) is 0 Å².